The van der Waals surface area contributed by atoms with E-state index >= 15 is 0 Å². The fraction of sp³-hybridized carbons (Fsp3) is 0.350. The topological polar surface area (TPSA) is 77.2 Å². The second-order valence-electron chi connectivity index (χ2n) is 6.32. The molecule has 3 aromatic rings. The normalized spacial score (nSPS) is 10.9. The van der Waals surface area contributed by atoms with Crippen LogP contribution in [0.5, 0.6) is 5.88 Å². The van der Waals surface area contributed by atoms with Crippen molar-refractivity contribution >= 4 is 17.0 Å². The summed E-state index contributed by atoms with van der Waals surface area (Å²) in [5.74, 6) is 1.60. The highest BCUT2D eigenvalue weighted by molar-refractivity contribution is 5.84. The van der Waals surface area contributed by atoms with Gasteiger partial charge in [-0.2, -0.15) is 9.97 Å². The van der Waals surface area contributed by atoms with Crippen molar-refractivity contribution in [2.24, 2.45) is 0 Å². The summed E-state index contributed by atoms with van der Waals surface area (Å²) in [6.45, 7) is 8.15. The van der Waals surface area contributed by atoms with Gasteiger partial charge in [-0.15, -0.1) is 0 Å². The number of carbonyl (C=O) groups excluding carboxylic acids is 1. The Morgan fingerprint density at radius 2 is 2.04 bits per heavy atom. The summed E-state index contributed by atoms with van der Waals surface area (Å²) in [6, 6.07) is 8.02. The maximum atomic E-state index is 12.2. The predicted molar refractivity (Wildman–Crippen MR) is 99.2 cm³/mol. The molecule has 6 nitrogen and oxygen atoms in total. The van der Waals surface area contributed by atoms with Crippen LogP contribution in [0.3, 0.4) is 0 Å². The minimum atomic E-state index is -0.200. The summed E-state index contributed by atoms with van der Waals surface area (Å²) in [4.78, 5) is 21.0. The third-order valence-corrected chi connectivity index (χ3v) is 4.27. The van der Waals surface area contributed by atoms with Crippen molar-refractivity contribution in [2.75, 3.05) is 6.61 Å². The number of hydrogen-bond donors (Lipinski definition) is 1. The van der Waals surface area contributed by atoms with Gasteiger partial charge >= 0.3 is 0 Å². The third kappa shape index (κ3) is 3.85. The highest BCUT2D eigenvalue weighted by Gasteiger charge is 2.17. The van der Waals surface area contributed by atoms with E-state index in [4.69, 9.17) is 9.15 Å². The molecule has 0 aliphatic heterocycles. The monoisotopic (exact) mass is 353 g/mol. The number of amides is 1. The van der Waals surface area contributed by atoms with Crippen molar-refractivity contribution in [1.82, 2.24) is 15.3 Å². The maximum Gasteiger partial charge on any atom is 0.258 e. The summed E-state index contributed by atoms with van der Waals surface area (Å²) < 4.78 is 11.4. The molecule has 1 amide bonds. The standard InChI is InChI=1S/C20H23N3O3/c1-5-16-22-19(18-13(3)14(4)26-20(18)23-16)25-11-17(24)21-10-15-8-6-7-12(2)9-15/h6-9H,5,10-11H2,1-4H3,(H,21,24). The van der Waals surface area contributed by atoms with Gasteiger partial charge in [0.05, 0.1) is 0 Å². The first-order valence-electron chi connectivity index (χ1n) is 8.69. The quantitative estimate of drug-likeness (QED) is 0.735. The van der Waals surface area contributed by atoms with E-state index in [-0.39, 0.29) is 12.5 Å². The Hall–Kier alpha value is -2.89. The maximum absolute atomic E-state index is 12.2. The molecule has 0 spiro atoms. The van der Waals surface area contributed by atoms with Crippen LogP contribution < -0.4 is 10.1 Å². The second-order valence-corrected chi connectivity index (χ2v) is 6.32. The summed E-state index contributed by atoms with van der Waals surface area (Å²) in [5.41, 5.74) is 3.64. The zero-order chi connectivity index (χ0) is 18.7. The van der Waals surface area contributed by atoms with Gasteiger partial charge in [0.15, 0.2) is 6.61 Å². The number of aryl methyl sites for hydroxylation is 4. The number of furan rings is 1. The lowest BCUT2D eigenvalue weighted by Crippen LogP contribution is -2.28. The number of nitrogens with zero attached hydrogens (tertiary/aromatic N) is 2. The Morgan fingerprint density at radius 3 is 2.77 bits per heavy atom. The minimum absolute atomic E-state index is 0.106. The fourth-order valence-electron chi connectivity index (χ4n) is 2.73. The molecule has 26 heavy (non-hydrogen) atoms. The van der Waals surface area contributed by atoms with Gasteiger partial charge in [-0.1, -0.05) is 36.8 Å². The van der Waals surface area contributed by atoms with Crippen LogP contribution >= 0.6 is 0 Å². The van der Waals surface area contributed by atoms with Gasteiger partial charge in [0, 0.05) is 18.5 Å². The fourth-order valence-corrected chi connectivity index (χ4v) is 2.73. The molecule has 0 atom stereocenters. The van der Waals surface area contributed by atoms with Gasteiger partial charge in [-0.25, -0.2) is 0 Å². The lowest BCUT2D eigenvalue weighted by Gasteiger charge is -2.09. The molecule has 3 rings (SSSR count). The first kappa shape index (κ1) is 17.9. The first-order valence-corrected chi connectivity index (χ1v) is 8.69. The number of ether oxygens (including phenoxy) is 1. The van der Waals surface area contributed by atoms with Crippen LogP contribution in [0.2, 0.25) is 0 Å². The first-order chi connectivity index (χ1) is 12.5. The molecule has 6 heteroatoms. The molecule has 0 saturated heterocycles. The van der Waals surface area contributed by atoms with Gasteiger partial charge < -0.3 is 14.5 Å². The lowest BCUT2D eigenvalue weighted by molar-refractivity contribution is -0.123. The van der Waals surface area contributed by atoms with E-state index in [1.54, 1.807) is 0 Å². The smallest absolute Gasteiger partial charge is 0.258 e. The molecule has 0 aliphatic rings. The molecule has 0 bridgehead atoms. The highest BCUT2D eigenvalue weighted by Crippen LogP contribution is 2.30. The van der Waals surface area contributed by atoms with Crippen molar-refractivity contribution in [3.63, 3.8) is 0 Å². The van der Waals surface area contributed by atoms with Gasteiger partial charge in [0.2, 0.25) is 11.6 Å². The highest BCUT2D eigenvalue weighted by atomic mass is 16.5. The van der Waals surface area contributed by atoms with E-state index < -0.39 is 0 Å². The molecule has 0 fully saturated rings. The van der Waals surface area contributed by atoms with Gasteiger partial charge in [-0.05, 0) is 26.3 Å². The van der Waals surface area contributed by atoms with E-state index in [0.29, 0.717) is 30.4 Å². The zero-order valence-corrected chi connectivity index (χ0v) is 15.5. The summed E-state index contributed by atoms with van der Waals surface area (Å²) in [7, 11) is 0. The number of benzene rings is 1. The number of nitrogens with one attached hydrogen (secondary N) is 1. The van der Waals surface area contributed by atoms with Crippen LogP contribution in [0.15, 0.2) is 28.7 Å². The SMILES string of the molecule is CCc1nc(OCC(=O)NCc2cccc(C)c2)c2c(C)c(C)oc2n1. The summed E-state index contributed by atoms with van der Waals surface area (Å²) in [6.07, 6.45) is 0.657. The van der Waals surface area contributed by atoms with Crippen LogP contribution in [0.1, 0.15) is 35.2 Å². The predicted octanol–water partition coefficient (Wildman–Crippen LogP) is 3.41. The molecule has 0 radical (unpaired) electrons. The summed E-state index contributed by atoms with van der Waals surface area (Å²) in [5, 5.41) is 3.59. The van der Waals surface area contributed by atoms with Crippen molar-refractivity contribution in [3.05, 3.63) is 52.5 Å². The molecule has 0 saturated carbocycles. The minimum Gasteiger partial charge on any atom is -0.467 e. The van der Waals surface area contributed by atoms with E-state index in [1.807, 2.05) is 52.0 Å². The molecule has 1 N–H and O–H groups in total. The Kier molecular flexibility index (Phi) is 5.21. The molecule has 2 aromatic heterocycles. The van der Waals surface area contributed by atoms with Crippen LogP contribution in [0.25, 0.3) is 11.1 Å². The average molecular weight is 353 g/mol. The Balaban J connectivity index is 1.69. The van der Waals surface area contributed by atoms with Gasteiger partial charge in [0.25, 0.3) is 5.91 Å². The number of rotatable bonds is 6. The number of carbonyl (C=O) groups is 1. The largest absolute Gasteiger partial charge is 0.467 e. The van der Waals surface area contributed by atoms with Crippen molar-refractivity contribution in [1.29, 1.82) is 0 Å². The van der Waals surface area contributed by atoms with E-state index in [9.17, 15) is 4.79 Å². The Labute approximate surface area is 152 Å². The second kappa shape index (κ2) is 7.56. The number of fused-ring (bicyclic) bond motifs is 1. The van der Waals surface area contributed by atoms with Crippen LogP contribution in [0, 0.1) is 20.8 Å². The van der Waals surface area contributed by atoms with Crippen LogP contribution in [-0.4, -0.2) is 22.5 Å². The molecular weight excluding hydrogens is 330 g/mol. The number of aromatic nitrogens is 2. The molecule has 0 aliphatic carbocycles. The zero-order valence-electron chi connectivity index (χ0n) is 15.5. The van der Waals surface area contributed by atoms with Gasteiger partial charge in [-0.3, -0.25) is 4.79 Å². The van der Waals surface area contributed by atoms with Crippen molar-refractivity contribution in [3.8, 4) is 5.88 Å². The molecule has 2 heterocycles. The van der Waals surface area contributed by atoms with Crippen LogP contribution in [-0.2, 0) is 17.8 Å². The van der Waals surface area contributed by atoms with E-state index in [0.717, 1.165) is 27.8 Å². The van der Waals surface area contributed by atoms with E-state index in [2.05, 4.69) is 15.3 Å². The number of hydrogen-bond acceptors (Lipinski definition) is 5. The molecular formula is C20H23N3O3. The summed E-state index contributed by atoms with van der Waals surface area (Å²) >= 11 is 0. The molecule has 0 unspecified atom stereocenters. The van der Waals surface area contributed by atoms with Crippen molar-refractivity contribution < 1.29 is 13.9 Å². The third-order valence-electron chi connectivity index (χ3n) is 4.27. The Bertz CT molecular complexity index is 947. The average Bonchev–Trinajstić information content (AvgIpc) is 2.92. The van der Waals surface area contributed by atoms with Crippen molar-refractivity contribution in [2.45, 2.75) is 40.7 Å². The van der Waals surface area contributed by atoms with Crippen LogP contribution in [0.4, 0.5) is 0 Å². The van der Waals surface area contributed by atoms with Gasteiger partial charge in [0.1, 0.15) is 17.0 Å². The van der Waals surface area contributed by atoms with E-state index in [1.165, 1.54) is 0 Å². The molecule has 1 aromatic carbocycles. The Morgan fingerprint density at radius 1 is 1.23 bits per heavy atom. The lowest BCUT2D eigenvalue weighted by atomic mass is 10.1. The molecule has 136 valence electrons.